The Labute approximate surface area is 82.8 Å². The monoisotopic (exact) mass is 197 g/mol. The van der Waals surface area contributed by atoms with Gasteiger partial charge in [0.25, 0.3) is 0 Å². The molecule has 0 saturated carbocycles. The molecule has 0 aliphatic carbocycles. The number of nitrogens with two attached hydrogens (primary N) is 1. The lowest BCUT2D eigenvalue weighted by atomic mass is 10.2. The van der Waals surface area contributed by atoms with Gasteiger partial charge in [-0.2, -0.15) is 0 Å². The lowest BCUT2D eigenvalue weighted by Gasteiger charge is -2.20. The Balaban J connectivity index is 2.06. The van der Waals surface area contributed by atoms with Crippen LogP contribution in [0.25, 0.3) is 0 Å². The number of likely N-dealkylation sites (tertiary alicyclic amines) is 2. The Hall–Kier alpha value is -0.940. The Bertz CT molecular complexity index is 279. The molecule has 2 unspecified atom stereocenters. The summed E-state index contributed by atoms with van der Waals surface area (Å²) in [5.41, 5.74) is 5.76. The number of likely N-dealkylation sites (N-methyl/N-ethyl adjacent to an activating group) is 1. The third-order valence-corrected chi connectivity index (χ3v) is 3.05. The second-order valence-corrected chi connectivity index (χ2v) is 4.05. The summed E-state index contributed by atoms with van der Waals surface area (Å²) in [6.45, 7) is 1.57. The highest BCUT2D eigenvalue weighted by Gasteiger charge is 2.41. The van der Waals surface area contributed by atoms with Crippen LogP contribution in [0, 0.1) is 0 Å². The van der Waals surface area contributed by atoms with E-state index in [9.17, 15) is 9.59 Å². The fourth-order valence-electron chi connectivity index (χ4n) is 2.12. The van der Waals surface area contributed by atoms with E-state index in [4.69, 9.17) is 5.73 Å². The maximum absolute atomic E-state index is 11.6. The molecule has 0 radical (unpaired) electrons. The first-order chi connectivity index (χ1) is 6.59. The molecule has 2 N–H and O–H groups in total. The van der Waals surface area contributed by atoms with E-state index < -0.39 is 0 Å². The summed E-state index contributed by atoms with van der Waals surface area (Å²) in [6.07, 6.45) is 1.24. The number of imide groups is 1. The molecule has 5 heteroatoms. The fourth-order valence-corrected chi connectivity index (χ4v) is 2.12. The van der Waals surface area contributed by atoms with Crippen molar-refractivity contribution in [2.75, 3.05) is 20.1 Å². The Morgan fingerprint density at radius 2 is 2.14 bits per heavy atom. The zero-order valence-corrected chi connectivity index (χ0v) is 8.27. The summed E-state index contributed by atoms with van der Waals surface area (Å²) in [6, 6.07) is -0.0927. The minimum atomic E-state index is -0.249. The van der Waals surface area contributed by atoms with Crippen LogP contribution in [-0.2, 0) is 9.59 Å². The summed E-state index contributed by atoms with van der Waals surface area (Å²) >= 11 is 0. The van der Waals surface area contributed by atoms with Gasteiger partial charge in [0.15, 0.2) is 0 Å². The van der Waals surface area contributed by atoms with E-state index >= 15 is 0 Å². The van der Waals surface area contributed by atoms with Gasteiger partial charge in [0.1, 0.15) is 0 Å². The highest BCUT2D eigenvalue weighted by atomic mass is 16.2. The van der Waals surface area contributed by atoms with E-state index in [2.05, 4.69) is 0 Å². The molecule has 14 heavy (non-hydrogen) atoms. The fraction of sp³-hybridized carbons (Fsp3) is 0.778. The third kappa shape index (κ3) is 1.42. The van der Waals surface area contributed by atoms with Gasteiger partial charge in [-0.3, -0.25) is 19.4 Å². The van der Waals surface area contributed by atoms with E-state index in [0.29, 0.717) is 6.42 Å². The van der Waals surface area contributed by atoms with Gasteiger partial charge in [0.2, 0.25) is 11.8 Å². The quantitative estimate of drug-likeness (QED) is 0.535. The number of carbonyl (C=O) groups excluding carboxylic acids is 2. The molecule has 2 aliphatic heterocycles. The molecular weight excluding hydrogens is 182 g/mol. The molecule has 0 spiro atoms. The molecule has 5 nitrogen and oxygen atoms in total. The van der Waals surface area contributed by atoms with Gasteiger partial charge in [-0.25, -0.2) is 0 Å². The van der Waals surface area contributed by atoms with Crippen LogP contribution in [0.4, 0.5) is 0 Å². The molecular formula is C9H15N3O2. The van der Waals surface area contributed by atoms with E-state index in [0.717, 1.165) is 19.5 Å². The van der Waals surface area contributed by atoms with Crippen molar-refractivity contribution >= 4 is 11.8 Å². The van der Waals surface area contributed by atoms with Crippen molar-refractivity contribution in [1.82, 2.24) is 9.80 Å². The van der Waals surface area contributed by atoms with Gasteiger partial charge in [0, 0.05) is 26.2 Å². The zero-order chi connectivity index (χ0) is 10.3. The number of amides is 2. The van der Waals surface area contributed by atoms with E-state index in [-0.39, 0.29) is 23.9 Å². The first-order valence-electron chi connectivity index (χ1n) is 4.89. The molecule has 0 aromatic rings. The van der Waals surface area contributed by atoms with Crippen molar-refractivity contribution < 1.29 is 9.59 Å². The summed E-state index contributed by atoms with van der Waals surface area (Å²) in [5, 5.41) is 0. The van der Waals surface area contributed by atoms with Crippen molar-refractivity contribution in [3.63, 3.8) is 0 Å². The molecule has 0 aromatic carbocycles. The number of carbonyl (C=O) groups is 2. The number of hydrogen-bond acceptors (Lipinski definition) is 4. The van der Waals surface area contributed by atoms with Crippen LogP contribution in [0.1, 0.15) is 12.8 Å². The Morgan fingerprint density at radius 1 is 1.43 bits per heavy atom. The van der Waals surface area contributed by atoms with E-state index in [1.165, 1.54) is 4.90 Å². The standard InChI is InChI=1S/C9H15N3O2/c1-11-8(13)4-7(9(11)14)12-3-2-6(10)5-12/h6-7H,2-5,10H2,1H3. The SMILES string of the molecule is CN1C(=O)CC(N2CCC(N)C2)C1=O. The molecule has 2 aliphatic rings. The first kappa shape index (κ1) is 9.61. The van der Waals surface area contributed by atoms with Crippen molar-refractivity contribution in [2.24, 2.45) is 5.73 Å². The number of nitrogens with zero attached hydrogens (tertiary/aromatic N) is 2. The van der Waals surface area contributed by atoms with Crippen LogP contribution < -0.4 is 5.73 Å². The second kappa shape index (κ2) is 3.33. The minimum Gasteiger partial charge on any atom is -0.326 e. The summed E-state index contributed by atoms with van der Waals surface area (Å²) < 4.78 is 0. The van der Waals surface area contributed by atoms with Gasteiger partial charge in [-0.1, -0.05) is 0 Å². The number of hydrogen-bond donors (Lipinski definition) is 1. The molecule has 2 rings (SSSR count). The minimum absolute atomic E-state index is 0.0795. The molecule has 78 valence electrons. The first-order valence-corrected chi connectivity index (χ1v) is 4.89. The van der Waals surface area contributed by atoms with E-state index in [1.807, 2.05) is 4.90 Å². The largest absolute Gasteiger partial charge is 0.326 e. The Kier molecular flexibility index (Phi) is 2.28. The van der Waals surface area contributed by atoms with Crippen LogP contribution in [-0.4, -0.2) is 53.8 Å². The van der Waals surface area contributed by atoms with Crippen LogP contribution in [0.15, 0.2) is 0 Å². The molecule has 2 amide bonds. The van der Waals surface area contributed by atoms with Gasteiger partial charge >= 0.3 is 0 Å². The predicted molar refractivity (Wildman–Crippen MR) is 50.3 cm³/mol. The number of rotatable bonds is 1. The lowest BCUT2D eigenvalue weighted by molar-refractivity contribution is -0.137. The summed E-state index contributed by atoms with van der Waals surface area (Å²) in [5.74, 6) is -0.162. The van der Waals surface area contributed by atoms with Gasteiger partial charge < -0.3 is 5.73 Å². The average molecular weight is 197 g/mol. The molecule has 2 saturated heterocycles. The van der Waals surface area contributed by atoms with Crippen molar-refractivity contribution in [3.8, 4) is 0 Å². The summed E-state index contributed by atoms with van der Waals surface area (Å²) in [4.78, 5) is 26.2. The maximum Gasteiger partial charge on any atom is 0.246 e. The van der Waals surface area contributed by atoms with Crippen LogP contribution in [0.3, 0.4) is 0 Å². The smallest absolute Gasteiger partial charge is 0.246 e. The van der Waals surface area contributed by atoms with Crippen molar-refractivity contribution in [3.05, 3.63) is 0 Å². The topological polar surface area (TPSA) is 66.6 Å². The molecule has 2 atom stereocenters. The van der Waals surface area contributed by atoms with Crippen molar-refractivity contribution in [2.45, 2.75) is 24.9 Å². The molecule has 0 bridgehead atoms. The van der Waals surface area contributed by atoms with Crippen molar-refractivity contribution in [1.29, 1.82) is 0 Å². The predicted octanol–water partition coefficient (Wildman–Crippen LogP) is -1.22. The van der Waals surface area contributed by atoms with Crippen LogP contribution in [0.5, 0.6) is 0 Å². The Morgan fingerprint density at radius 3 is 2.57 bits per heavy atom. The van der Waals surface area contributed by atoms with E-state index in [1.54, 1.807) is 7.05 Å². The zero-order valence-electron chi connectivity index (χ0n) is 8.27. The van der Waals surface area contributed by atoms with Gasteiger partial charge in [-0.05, 0) is 6.42 Å². The normalized spacial score (nSPS) is 34.6. The van der Waals surface area contributed by atoms with Gasteiger partial charge in [-0.15, -0.1) is 0 Å². The second-order valence-electron chi connectivity index (χ2n) is 4.05. The van der Waals surface area contributed by atoms with Crippen LogP contribution in [0.2, 0.25) is 0 Å². The maximum atomic E-state index is 11.6. The average Bonchev–Trinajstić information content (AvgIpc) is 2.66. The van der Waals surface area contributed by atoms with Gasteiger partial charge in [0.05, 0.1) is 12.5 Å². The summed E-state index contributed by atoms with van der Waals surface area (Å²) in [7, 11) is 1.54. The third-order valence-electron chi connectivity index (χ3n) is 3.05. The highest BCUT2D eigenvalue weighted by molar-refractivity contribution is 6.05. The molecule has 0 aromatic heterocycles. The molecule has 2 fully saturated rings. The molecule has 2 heterocycles. The highest BCUT2D eigenvalue weighted by Crippen LogP contribution is 2.20. The van der Waals surface area contributed by atoms with Crippen LogP contribution >= 0.6 is 0 Å². The lowest BCUT2D eigenvalue weighted by Crippen LogP contribution is -2.40.